The van der Waals surface area contributed by atoms with Gasteiger partial charge < -0.3 is 103 Å². The van der Waals surface area contributed by atoms with Crippen molar-refractivity contribution in [2.24, 2.45) is 29.0 Å². The van der Waals surface area contributed by atoms with Gasteiger partial charge in [0.15, 0.2) is 11.5 Å². The van der Waals surface area contributed by atoms with Crippen LogP contribution >= 0.6 is 54.8 Å². The van der Waals surface area contributed by atoms with Gasteiger partial charge in [-0.05, 0) is 132 Å². The van der Waals surface area contributed by atoms with E-state index in [1.54, 1.807) is 92.9 Å². The molecule has 9 rings (SSSR count). The minimum absolute atomic E-state index is 0.0328. The predicted octanol–water partition coefficient (Wildman–Crippen LogP) is 5.14. The zero-order chi connectivity index (χ0) is 92.6. The Morgan fingerprint density at radius 1 is 0.835 bits per heavy atom. The molecule has 0 saturated carbocycles. The number of benzene rings is 4. The number of phenols is 1. The fourth-order valence-electron chi connectivity index (χ4n) is 15.2. The predicted molar refractivity (Wildman–Crippen MR) is 485 cm³/mol. The van der Waals surface area contributed by atoms with Gasteiger partial charge in [-0.25, -0.2) is 9.59 Å². The van der Waals surface area contributed by atoms with E-state index in [1.807, 2.05) is 31.2 Å². The van der Waals surface area contributed by atoms with Gasteiger partial charge in [0.1, 0.15) is 82.5 Å². The maximum Gasteiger partial charge on any atom is 0.409 e. The van der Waals surface area contributed by atoms with Crippen LogP contribution < -0.4 is 64.1 Å². The maximum atomic E-state index is 15.1. The summed E-state index contributed by atoms with van der Waals surface area (Å²) in [6.07, 6.45) is -0.887. The number of hydrogen-bond acceptors (Lipinski definition) is 27. The van der Waals surface area contributed by atoms with Gasteiger partial charge in [-0.1, -0.05) is 146 Å². The number of ether oxygens (including phenoxy) is 5. The lowest BCUT2D eigenvalue weighted by Gasteiger charge is -2.42. The molecule has 10 amide bonds. The smallest absolute Gasteiger partial charge is 0.409 e. The molecule has 0 radical (unpaired) electrons. The SMILES string of the molecule is COc1cc2cc(c1Cl)N(C)C(=O)C[C@H](OC(=O)[C@H](C)N(C)C(=O)CCSSCCC(=O)CC[C@H](NC(=O)[C@@H]1CSSC[C@H](NC(=O)[C@H](N)Cc3ccccc3)C(=O)C[C@@H](Cc3ccc(O)cc3)C(=O)N[C@H](Cc3c[nH]c4ccccc34)C(=O)N[C@@H](CCCCN)C(=O)N[C@@H]([C@@H](C)O)C(=O)N1)C(N)=O)[C@]1(C)O[C@H]1[C@H](C)[C@@H]1C[C@@](O)(NC(=O)O1)[C@H](OC)/C=C/C=C(\C)C2. The highest BCUT2D eigenvalue weighted by atomic mass is 35.5. The molecule has 17 N–H and O–H groups in total. The lowest BCUT2D eigenvalue weighted by molar-refractivity contribution is -0.162. The number of epoxide rings is 1. The first-order valence-corrected chi connectivity index (χ1v) is 47.3. The van der Waals surface area contributed by atoms with Crippen LogP contribution in [0.1, 0.15) is 121 Å². The van der Waals surface area contributed by atoms with Crippen molar-refractivity contribution in [2.45, 2.75) is 215 Å². The molecule has 39 heteroatoms. The maximum absolute atomic E-state index is 15.1. The average molecular weight is 1860 g/mol. The van der Waals surface area contributed by atoms with Crippen molar-refractivity contribution in [1.82, 2.24) is 47.1 Å². The molecule has 0 aliphatic carbocycles. The quantitative estimate of drug-likeness (QED) is 0.0118. The summed E-state index contributed by atoms with van der Waals surface area (Å²) in [5, 5.41) is 53.0. The van der Waals surface area contributed by atoms with Gasteiger partial charge in [-0.3, -0.25) is 58.1 Å². The van der Waals surface area contributed by atoms with Crippen LogP contribution in [0.25, 0.3) is 10.9 Å². The third kappa shape index (κ3) is 28.4. The number of likely N-dealkylation sites (N-methyl/N-ethyl adjacent to an activating group) is 1. The first-order valence-electron chi connectivity index (χ1n) is 41.9. The number of nitrogens with two attached hydrogens (primary N) is 3. The Balaban J connectivity index is 0.853. The number of ketones is 2. The summed E-state index contributed by atoms with van der Waals surface area (Å²) in [6.45, 7) is 8.14. The van der Waals surface area contributed by atoms with Crippen molar-refractivity contribution in [1.29, 1.82) is 0 Å². The van der Waals surface area contributed by atoms with E-state index in [0.29, 0.717) is 46.3 Å². The number of allylic oxidation sites excluding steroid dienone is 3. The number of rotatable bonds is 31. The molecule has 127 heavy (non-hydrogen) atoms. The number of alkyl carbamates (subject to hydrolysis) is 1. The number of methoxy groups -OCH3 is 2. The second kappa shape index (κ2) is 47.5. The van der Waals surface area contributed by atoms with Crippen LogP contribution in [-0.2, 0) is 102 Å². The van der Waals surface area contributed by atoms with Crippen LogP contribution in [0.15, 0.2) is 121 Å². The number of H-pyrrole nitrogens is 1. The number of hydrogen-bond donors (Lipinski definition) is 14. The summed E-state index contributed by atoms with van der Waals surface area (Å²) in [6, 6.07) is 14.0. The zero-order valence-electron chi connectivity index (χ0n) is 72.4. The van der Waals surface area contributed by atoms with Crippen LogP contribution in [0, 0.1) is 11.8 Å². The Labute approximate surface area is 758 Å². The summed E-state index contributed by atoms with van der Waals surface area (Å²) >= 11 is 6.88. The number of para-hydroxylation sites is 1. The summed E-state index contributed by atoms with van der Waals surface area (Å²) in [5.74, 6) is -11.1. The first-order chi connectivity index (χ1) is 60.4. The largest absolute Gasteiger partial charge is 0.508 e. The lowest BCUT2D eigenvalue weighted by atomic mass is 9.83. The van der Waals surface area contributed by atoms with Gasteiger partial charge >= 0.3 is 12.1 Å². The van der Waals surface area contributed by atoms with Crippen molar-refractivity contribution in [3.63, 3.8) is 0 Å². The number of carbonyl (C=O) groups excluding carboxylic acids is 13. The summed E-state index contributed by atoms with van der Waals surface area (Å²) < 4.78 is 29.6. The van der Waals surface area contributed by atoms with Crippen molar-refractivity contribution < 1.29 is 101 Å². The van der Waals surface area contributed by atoms with Gasteiger partial charge in [0.25, 0.3) is 0 Å². The van der Waals surface area contributed by atoms with E-state index in [1.165, 1.54) is 85.7 Å². The molecule has 4 aliphatic rings. The monoisotopic (exact) mass is 1850 g/mol. The molecule has 690 valence electrons. The first kappa shape index (κ1) is 101. The van der Waals surface area contributed by atoms with E-state index in [0.717, 1.165) is 38.3 Å². The molecule has 17 atom stereocenters. The highest BCUT2D eigenvalue weighted by molar-refractivity contribution is 8.77. The number of anilines is 1. The molecule has 5 aromatic rings. The van der Waals surface area contributed by atoms with Crippen molar-refractivity contribution in [3.8, 4) is 11.5 Å². The second-order valence-corrected chi connectivity index (χ2v) is 38.1. The number of halogens is 1. The van der Waals surface area contributed by atoms with Crippen LogP contribution in [0.4, 0.5) is 10.5 Å². The number of aromatic amines is 1. The van der Waals surface area contributed by atoms with E-state index in [2.05, 4.69) is 42.2 Å². The van der Waals surface area contributed by atoms with Gasteiger partial charge in [0.2, 0.25) is 53.2 Å². The van der Waals surface area contributed by atoms with Gasteiger partial charge in [0.05, 0.1) is 43.5 Å². The zero-order valence-corrected chi connectivity index (χ0v) is 76.4. The summed E-state index contributed by atoms with van der Waals surface area (Å²) in [7, 11) is 10.2. The number of aromatic nitrogens is 1. The number of amides is 10. The van der Waals surface area contributed by atoms with Crippen molar-refractivity contribution >= 4 is 148 Å². The Hall–Kier alpha value is -9.74. The number of unbranched alkanes of at least 4 members (excludes halogenated alkanes) is 1. The number of phenolic OH excluding ortho intramolecular Hbond substituents is 1. The summed E-state index contributed by atoms with van der Waals surface area (Å²) in [4.78, 5) is 192. The van der Waals surface area contributed by atoms with E-state index in [-0.39, 0.29) is 110 Å². The number of primary amides is 1. The minimum Gasteiger partial charge on any atom is -0.508 e. The topological polar surface area (TPSA) is 517 Å². The molecular weight excluding hydrogens is 1740 g/mol. The molecular formula is C88H116ClN13O21S4. The van der Waals surface area contributed by atoms with E-state index in [4.69, 9.17) is 52.5 Å². The number of esters is 1. The molecule has 4 aliphatic heterocycles. The number of fused-ring (bicyclic) bond motifs is 6. The molecule has 1 aromatic heterocycles. The number of aliphatic hydroxyl groups is 2. The van der Waals surface area contributed by atoms with Crippen LogP contribution in [0.3, 0.4) is 0 Å². The number of aromatic hydroxyl groups is 1. The van der Waals surface area contributed by atoms with Crippen LogP contribution in [0.5, 0.6) is 11.5 Å². The normalized spacial score (nSPS) is 25.9. The van der Waals surface area contributed by atoms with E-state index < -0.39 is 186 Å². The second-order valence-electron chi connectivity index (χ2n) is 32.5. The third-order valence-corrected chi connectivity index (χ3v) is 28.2. The molecule has 4 aromatic carbocycles. The lowest BCUT2D eigenvalue weighted by Crippen LogP contribution is -2.63. The van der Waals surface area contributed by atoms with Crippen LogP contribution in [0.2, 0.25) is 5.02 Å². The number of nitrogens with zero attached hydrogens (tertiary/aromatic N) is 2. The highest BCUT2D eigenvalue weighted by Crippen LogP contribution is 2.50. The molecule has 5 heterocycles. The molecule has 3 fully saturated rings. The number of Topliss-reactive ketones (excluding diaryl/α,β-unsaturated/α-hetero) is 2. The molecule has 0 spiro atoms. The van der Waals surface area contributed by atoms with Gasteiger partial charge in [-0.15, -0.1) is 0 Å². The fourth-order valence-corrected chi connectivity index (χ4v) is 19.9. The standard InChI is InChI=1S/C88H116ClN13O21S4/c1-48-18-17-24-71(120-9)88(118)44-70(121-86(117)100-88)49(2)77-87(5,123-77)72(43-74(108)102(7)67-39-54(36-48)40-69(119-8)75(67)89)122-85(116)50(3)101(6)73(107)32-35-125-124-34-31-58(105)29-30-62(78(92)109)94-83(114)66-47-127-126-46-65(97-80(111)60(91)38-52-19-11-10-12-20-52)68(106)42-55(37-53-25-27-57(104)28-26-53)79(110)96-64(41-56-45-93-61-22-14-13-21-59(56)61)82(113)95-63(23-15-16-33-90)81(112)99-76(51(4)103)84(115)98-66/h10-14,17-22,24-28,39-40,45,49-51,55,60,62-66,70-72,76-77,93,103-104,118H,15-16,23,29-38,41-44,46-47,90-91H2,1-9H3,(H2,92,109)(H,94,114)(H,95,113)(H,96,110)(H,97,111)(H,98,115)(H,99,112)(H,100,117)/b24-17+,48-18+/t49-,50+,51-,55-,60-,62+,63+,64-,65+,66+,70+,71-,72+,76+,77+,87+,88+/m1/s1. The number of carbonyl (C=O) groups is 13. The Morgan fingerprint density at radius 3 is 2.21 bits per heavy atom. The Kier molecular flexibility index (Phi) is 37.8. The van der Waals surface area contributed by atoms with Crippen LogP contribution in [-0.4, -0.2) is 250 Å². The minimum atomic E-state index is -1.94. The molecule has 4 bridgehead atoms. The Morgan fingerprint density at radius 2 is 1.52 bits per heavy atom. The molecule has 0 unspecified atom stereocenters. The highest BCUT2D eigenvalue weighted by Gasteiger charge is 2.65. The van der Waals surface area contributed by atoms with Crippen molar-refractivity contribution in [3.05, 3.63) is 148 Å². The van der Waals surface area contributed by atoms with Crippen molar-refractivity contribution in [2.75, 3.05) is 62.8 Å². The third-order valence-electron chi connectivity index (χ3n) is 23.0. The Bertz CT molecular complexity index is 4800. The average Bonchev–Trinajstić information content (AvgIpc) is 1.56. The summed E-state index contributed by atoms with van der Waals surface area (Å²) in [5.41, 5.74) is 19.4. The van der Waals surface area contributed by atoms with E-state index >= 15 is 14.4 Å². The molecule has 34 nitrogen and oxygen atoms in total. The van der Waals surface area contributed by atoms with E-state index in [9.17, 15) is 63.3 Å². The van der Waals surface area contributed by atoms with Gasteiger partial charge in [0, 0.05) is 112 Å². The number of aliphatic hydroxyl groups excluding tert-OH is 1. The fraction of sp³-hybridized carbons (Fsp3) is 0.511. The van der Waals surface area contributed by atoms with Gasteiger partial charge in [-0.2, -0.15) is 0 Å². The molecule has 3 saturated heterocycles. The number of nitrogens with one attached hydrogen (secondary N) is 8.